The van der Waals surface area contributed by atoms with Crippen LogP contribution in [0.15, 0.2) is 57.9 Å². The molecule has 1 saturated heterocycles. The molecular weight excluding hydrogens is 370 g/mol. The van der Waals surface area contributed by atoms with Crippen molar-refractivity contribution >= 4 is 21.8 Å². The van der Waals surface area contributed by atoms with E-state index < -0.39 is 0 Å². The van der Waals surface area contributed by atoms with Gasteiger partial charge in [-0.2, -0.15) is 0 Å². The number of carbonyl (C=O) groups excluding carboxylic acids is 1. The van der Waals surface area contributed by atoms with Gasteiger partial charge in [0, 0.05) is 42.4 Å². The van der Waals surface area contributed by atoms with Gasteiger partial charge in [0.15, 0.2) is 0 Å². The number of hydrogen-bond acceptors (Lipinski definition) is 3. The number of carbonyl (C=O) groups is 1. The Balaban J connectivity index is 1.51. The minimum atomic E-state index is -0.175. The average molecular weight is 390 g/mol. The molecule has 0 saturated carbocycles. The predicted molar refractivity (Wildman–Crippen MR) is 96.7 cm³/mol. The fourth-order valence-corrected chi connectivity index (χ4v) is 3.37. The quantitative estimate of drug-likeness (QED) is 0.850. The summed E-state index contributed by atoms with van der Waals surface area (Å²) in [5, 5.41) is 3.03. The molecule has 6 heteroatoms. The van der Waals surface area contributed by atoms with Crippen LogP contribution >= 0.6 is 15.9 Å². The van der Waals surface area contributed by atoms with Gasteiger partial charge in [-0.1, -0.05) is 30.3 Å². The first-order chi connectivity index (χ1) is 11.6. The van der Waals surface area contributed by atoms with Gasteiger partial charge in [0.05, 0.1) is 0 Å². The highest BCUT2D eigenvalue weighted by Crippen LogP contribution is 2.13. The number of likely N-dealkylation sites (tertiary alicyclic amines) is 1. The summed E-state index contributed by atoms with van der Waals surface area (Å²) < 4.78 is 2.20. The molecule has 1 N–H and O–H groups in total. The summed E-state index contributed by atoms with van der Waals surface area (Å²) >= 11 is 3.32. The molecule has 24 heavy (non-hydrogen) atoms. The largest absolute Gasteiger partial charge is 0.350 e. The fourth-order valence-electron chi connectivity index (χ4n) is 2.99. The van der Waals surface area contributed by atoms with Gasteiger partial charge in [0.25, 0.3) is 5.56 Å². The monoisotopic (exact) mass is 389 g/mol. The first-order valence-corrected chi connectivity index (χ1v) is 8.81. The van der Waals surface area contributed by atoms with Gasteiger partial charge >= 0.3 is 0 Å². The number of amides is 1. The number of pyridine rings is 1. The van der Waals surface area contributed by atoms with Gasteiger partial charge < -0.3 is 9.88 Å². The van der Waals surface area contributed by atoms with Crippen molar-refractivity contribution in [1.82, 2.24) is 14.8 Å². The second kappa shape index (κ2) is 7.77. The first kappa shape index (κ1) is 16.9. The number of rotatable bonds is 5. The summed E-state index contributed by atoms with van der Waals surface area (Å²) in [6, 6.07) is 13.6. The van der Waals surface area contributed by atoms with E-state index in [2.05, 4.69) is 38.3 Å². The summed E-state index contributed by atoms with van der Waals surface area (Å²) in [6.45, 7) is 2.76. The fraction of sp³-hybridized carbons (Fsp3) is 0.333. The van der Waals surface area contributed by atoms with Gasteiger partial charge in [-0.25, -0.2) is 0 Å². The van der Waals surface area contributed by atoms with E-state index in [0.29, 0.717) is 0 Å². The molecule has 126 valence electrons. The maximum atomic E-state index is 12.2. The SMILES string of the molecule is O=C(Cn1cc(Br)ccc1=O)N[C@@H]1CCN(Cc2ccccc2)C1. The van der Waals surface area contributed by atoms with E-state index in [1.165, 1.54) is 16.2 Å². The Morgan fingerprint density at radius 1 is 1.21 bits per heavy atom. The molecule has 5 nitrogen and oxygen atoms in total. The Morgan fingerprint density at radius 3 is 2.79 bits per heavy atom. The zero-order valence-electron chi connectivity index (χ0n) is 13.3. The van der Waals surface area contributed by atoms with Crippen LogP contribution in [0.2, 0.25) is 0 Å². The second-order valence-corrected chi connectivity index (χ2v) is 7.00. The highest BCUT2D eigenvalue weighted by molar-refractivity contribution is 9.10. The van der Waals surface area contributed by atoms with E-state index >= 15 is 0 Å². The third-order valence-corrected chi connectivity index (χ3v) is 4.62. The normalized spacial score (nSPS) is 17.8. The summed E-state index contributed by atoms with van der Waals surface area (Å²) in [4.78, 5) is 26.3. The lowest BCUT2D eigenvalue weighted by Crippen LogP contribution is -2.40. The number of nitrogens with zero attached hydrogens (tertiary/aromatic N) is 2. The summed E-state index contributed by atoms with van der Waals surface area (Å²) in [6.07, 6.45) is 2.57. The first-order valence-electron chi connectivity index (χ1n) is 8.02. The molecular formula is C18H20BrN3O2. The third kappa shape index (κ3) is 4.55. The molecule has 0 unspecified atom stereocenters. The van der Waals surface area contributed by atoms with Crippen LogP contribution < -0.4 is 10.9 Å². The Bertz CT molecular complexity index is 760. The van der Waals surface area contributed by atoms with Crippen molar-refractivity contribution in [3.63, 3.8) is 0 Å². The second-order valence-electron chi connectivity index (χ2n) is 6.09. The zero-order valence-corrected chi connectivity index (χ0v) is 14.9. The average Bonchev–Trinajstić information content (AvgIpc) is 2.98. The third-order valence-electron chi connectivity index (χ3n) is 4.15. The maximum Gasteiger partial charge on any atom is 0.251 e. The van der Waals surface area contributed by atoms with Crippen molar-refractivity contribution < 1.29 is 4.79 Å². The van der Waals surface area contributed by atoms with Crippen LogP contribution in [0.3, 0.4) is 0 Å². The Kier molecular flexibility index (Phi) is 5.48. The number of nitrogens with one attached hydrogen (secondary N) is 1. The standard InChI is InChI=1S/C18H20BrN3O2/c19-15-6-7-18(24)22(11-15)13-17(23)20-16-8-9-21(12-16)10-14-4-2-1-3-5-14/h1-7,11,16H,8-10,12-13H2,(H,20,23)/t16-/m1/s1. The summed E-state index contributed by atoms with van der Waals surface area (Å²) in [5.41, 5.74) is 1.11. The Hall–Kier alpha value is -1.92. The number of halogens is 1. The highest BCUT2D eigenvalue weighted by Gasteiger charge is 2.23. The van der Waals surface area contributed by atoms with Crippen LogP contribution in [-0.2, 0) is 17.9 Å². The molecule has 1 aliphatic heterocycles. The molecule has 1 aromatic heterocycles. The van der Waals surface area contributed by atoms with Crippen molar-refractivity contribution in [2.24, 2.45) is 0 Å². The van der Waals surface area contributed by atoms with Crippen LogP contribution in [-0.4, -0.2) is 34.5 Å². The van der Waals surface area contributed by atoms with E-state index in [1.807, 2.05) is 18.2 Å². The summed E-state index contributed by atoms with van der Waals surface area (Å²) in [5.74, 6) is -0.123. The lowest BCUT2D eigenvalue weighted by Gasteiger charge is -2.17. The van der Waals surface area contributed by atoms with Crippen molar-refractivity contribution in [1.29, 1.82) is 0 Å². The van der Waals surface area contributed by atoms with Gasteiger partial charge in [0.2, 0.25) is 5.91 Å². The molecule has 2 aromatic rings. The molecule has 0 spiro atoms. The minimum Gasteiger partial charge on any atom is -0.350 e. The van der Waals surface area contributed by atoms with E-state index in [0.717, 1.165) is 30.5 Å². The van der Waals surface area contributed by atoms with Crippen molar-refractivity contribution in [3.05, 3.63) is 69.1 Å². The molecule has 1 amide bonds. The zero-order chi connectivity index (χ0) is 16.9. The maximum absolute atomic E-state index is 12.2. The van der Waals surface area contributed by atoms with Crippen LogP contribution in [0.5, 0.6) is 0 Å². The van der Waals surface area contributed by atoms with Gasteiger partial charge in [-0.15, -0.1) is 0 Å². The van der Waals surface area contributed by atoms with Crippen molar-refractivity contribution in [3.8, 4) is 0 Å². The van der Waals surface area contributed by atoms with E-state index in [9.17, 15) is 9.59 Å². The molecule has 3 rings (SSSR count). The van der Waals surface area contributed by atoms with Gasteiger partial charge in [-0.05, 0) is 34.0 Å². The molecule has 1 atom stereocenters. The van der Waals surface area contributed by atoms with E-state index in [1.54, 1.807) is 12.3 Å². The number of hydrogen-bond donors (Lipinski definition) is 1. The van der Waals surface area contributed by atoms with Crippen LogP contribution in [0.25, 0.3) is 0 Å². The smallest absolute Gasteiger partial charge is 0.251 e. The lowest BCUT2D eigenvalue weighted by molar-refractivity contribution is -0.122. The highest BCUT2D eigenvalue weighted by atomic mass is 79.9. The minimum absolute atomic E-state index is 0.0491. The van der Waals surface area contributed by atoms with Crippen molar-refractivity contribution in [2.75, 3.05) is 13.1 Å². The molecule has 0 radical (unpaired) electrons. The number of aromatic nitrogens is 1. The molecule has 0 bridgehead atoms. The summed E-state index contributed by atoms with van der Waals surface area (Å²) in [7, 11) is 0. The molecule has 2 heterocycles. The topological polar surface area (TPSA) is 54.3 Å². The van der Waals surface area contributed by atoms with Gasteiger partial charge in [-0.3, -0.25) is 14.5 Å². The molecule has 1 aromatic carbocycles. The molecule has 1 aliphatic rings. The van der Waals surface area contributed by atoms with Gasteiger partial charge in [0.1, 0.15) is 6.54 Å². The lowest BCUT2D eigenvalue weighted by atomic mass is 10.2. The molecule has 0 aliphatic carbocycles. The molecule has 1 fully saturated rings. The predicted octanol–water partition coefficient (Wildman–Crippen LogP) is 2.00. The van der Waals surface area contributed by atoms with Crippen LogP contribution in [0.1, 0.15) is 12.0 Å². The van der Waals surface area contributed by atoms with Crippen LogP contribution in [0, 0.1) is 0 Å². The Labute approximate surface area is 149 Å². The van der Waals surface area contributed by atoms with Crippen molar-refractivity contribution in [2.45, 2.75) is 25.6 Å². The van der Waals surface area contributed by atoms with E-state index in [-0.39, 0.29) is 24.1 Å². The van der Waals surface area contributed by atoms with E-state index in [4.69, 9.17) is 0 Å². The Morgan fingerprint density at radius 2 is 2.00 bits per heavy atom. The number of benzene rings is 1. The van der Waals surface area contributed by atoms with Crippen LogP contribution in [0.4, 0.5) is 0 Å².